The lowest BCUT2D eigenvalue weighted by Gasteiger charge is -2.14. The van der Waals surface area contributed by atoms with E-state index in [1.165, 1.54) is 18.2 Å². The number of aromatic carboxylic acids is 1. The average molecular weight is 474 g/mol. The molecule has 0 unspecified atom stereocenters. The summed E-state index contributed by atoms with van der Waals surface area (Å²) in [7, 11) is 0. The maximum absolute atomic E-state index is 12.8. The van der Waals surface area contributed by atoms with Gasteiger partial charge in [0.1, 0.15) is 11.5 Å². The number of hydrogen-bond donors (Lipinski definition) is 1. The van der Waals surface area contributed by atoms with Crippen molar-refractivity contribution in [2.75, 3.05) is 0 Å². The van der Waals surface area contributed by atoms with Crippen LogP contribution in [0.2, 0.25) is 10.0 Å². The van der Waals surface area contributed by atoms with Crippen LogP contribution < -0.4 is 0 Å². The largest absolute Gasteiger partial charge is 0.478 e. The third kappa shape index (κ3) is 4.39. The Bertz CT molecular complexity index is 1230. The van der Waals surface area contributed by atoms with Gasteiger partial charge in [-0.05, 0) is 48.2 Å². The predicted octanol–water partition coefficient (Wildman–Crippen LogP) is 6.19. The van der Waals surface area contributed by atoms with Crippen molar-refractivity contribution >= 4 is 58.2 Å². The summed E-state index contributed by atoms with van der Waals surface area (Å²) in [6.07, 6.45) is 1.48. The first-order valence-electron chi connectivity index (χ1n) is 8.95. The fourth-order valence-electron chi connectivity index (χ4n) is 3.00. The second kappa shape index (κ2) is 8.63. The summed E-state index contributed by atoms with van der Waals surface area (Å²) < 4.78 is 5.73. The minimum Gasteiger partial charge on any atom is -0.478 e. The Morgan fingerprint density at radius 3 is 2.48 bits per heavy atom. The number of carboxylic acids is 1. The van der Waals surface area contributed by atoms with Crippen molar-refractivity contribution in [2.24, 2.45) is 0 Å². The number of furan rings is 1. The Morgan fingerprint density at radius 2 is 1.77 bits per heavy atom. The monoisotopic (exact) mass is 473 g/mol. The molecule has 1 aliphatic heterocycles. The quantitative estimate of drug-likeness (QED) is 0.444. The van der Waals surface area contributed by atoms with E-state index in [-0.39, 0.29) is 17.0 Å². The second-order valence-electron chi connectivity index (χ2n) is 6.56. The molecule has 31 heavy (non-hydrogen) atoms. The molecule has 0 spiro atoms. The minimum atomic E-state index is -1.04. The normalized spacial score (nSPS) is 15.2. The molecule has 1 aromatic heterocycles. The van der Waals surface area contributed by atoms with E-state index >= 15 is 0 Å². The van der Waals surface area contributed by atoms with E-state index in [2.05, 4.69) is 0 Å². The van der Waals surface area contributed by atoms with Gasteiger partial charge in [-0.25, -0.2) is 4.79 Å². The average Bonchev–Trinajstić information content (AvgIpc) is 3.31. The van der Waals surface area contributed by atoms with Gasteiger partial charge in [0.2, 0.25) is 0 Å². The number of amides is 2. The number of nitrogens with zero attached hydrogens (tertiary/aromatic N) is 1. The Morgan fingerprint density at radius 1 is 1.06 bits per heavy atom. The zero-order valence-corrected chi connectivity index (χ0v) is 18.0. The fraction of sp³-hybridized carbons (Fsp3) is 0.0455. The molecule has 1 N–H and O–H groups in total. The fourth-order valence-corrected chi connectivity index (χ4v) is 4.33. The molecule has 2 aromatic carbocycles. The van der Waals surface area contributed by atoms with Crippen LogP contribution in [0.15, 0.2) is 63.9 Å². The highest BCUT2D eigenvalue weighted by Gasteiger charge is 2.36. The van der Waals surface area contributed by atoms with Crippen molar-refractivity contribution in [3.8, 4) is 11.3 Å². The van der Waals surface area contributed by atoms with Crippen LogP contribution in [0.4, 0.5) is 4.79 Å². The van der Waals surface area contributed by atoms with Crippen molar-refractivity contribution < 1.29 is 23.9 Å². The molecule has 2 amide bonds. The van der Waals surface area contributed by atoms with Crippen LogP contribution in [0.3, 0.4) is 0 Å². The van der Waals surface area contributed by atoms with Crippen molar-refractivity contribution in [1.82, 2.24) is 4.90 Å². The maximum atomic E-state index is 12.8. The molecular formula is C22H13Cl2NO5S. The van der Waals surface area contributed by atoms with Gasteiger partial charge in [0, 0.05) is 27.2 Å². The molecule has 2 heterocycles. The SMILES string of the molecule is O=C(O)c1cccc(-c2ccc(/C=C3/SC(=O)N(Cc4c(Cl)cccc4Cl)C3=O)o2)c1. The van der Waals surface area contributed by atoms with Crippen molar-refractivity contribution in [3.05, 3.63) is 86.4 Å². The van der Waals surface area contributed by atoms with E-state index in [1.54, 1.807) is 42.5 Å². The van der Waals surface area contributed by atoms with E-state index in [4.69, 9.17) is 32.7 Å². The zero-order valence-electron chi connectivity index (χ0n) is 15.7. The molecule has 0 bridgehead atoms. The number of carboxylic acid groups (broad SMARTS) is 1. The van der Waals surface area contributed by atoms with Gasteiger partial charge in [-0.3, -0.25) is 14.5 Å². The molecule has 0 atom stereocenters. The molecule has 3 aromatic rings. The van der Waals surface area contributed by atoms with Crippen LogP contribution in [0.5, 0.6) is 0 Å². The molecular weight excluding hydrogens is 461 g/mol. The number of rotatable bonds is 5. The van der Waals surface area contributed by atoms with Gasteiger partial charge in [0.15, 0.2) is 0 Å². The summed E-state index contributed by atoms with van der Waals surface area (Å²) in [6, 6.07) is 14.6. The number of carbonyl (C=O) groups excluding carboxylic acids is 2. The van der Waals surface area contributed by atoms with Crippen LogP contribution in [0, 0.1) is 0 Å². The molecule has 1 aliphatic rings. The van der Waals surface area contributed by atoms with Crippen molar-refractivity contribution in [2.45, 2.75) is 6.54 Å². The standard InChI is InChI=1S/C22H13Cl2NO5S/c23-16-5-2-6-17(24)15(16)11-25-20(26)19(31-22(25)29)10-14-7-8-18(30-14)12-3-1-4-13(9-12)21(27)28/h1-10H,11H2,(H,27,28)/b19-10+. The summed E-state index contributed by atoms with van der Waals surface area (Å²) in [6.45, 7) is -0.0358. The summed E-state index contributed by atoms with van der Waals surface area (Å²) in [5, 5.41) is 9.44. The molecule has 1 saturated heterocycles. The molecule has 0 saturated carbocycles. The Balaban J connectivity index is 1.56. The molecule has 0 radical (unpaired) electrons. The zero-order chi connectivity index (χ0) is 22.1. The molecule has 1 fully saturated rings. The van der Waals surface area contributed by atoms with Crippen molar-refractivity contribution in [3.63, 3.8) is 0 Å². The van der Waals surface area contributed by atoms with Gasteiger partial charge in [-0.2, -0.15) is 0 Å². The van der Waals surface area contributed by atoms with E-state index < -0.39 is 17.1 Å². The number of carbonyl (C=O) groups is 3. The summed E-state index contributed by atoms with van der Waals surface area (Å²) >= 11 is 13.1. The van der Waals surface area contributed by atoms with Gasteiger partial charge < -0.3 is 9.52 Å². The van der Waals surface area contributed by atoms with Crippen LogP contribution in [0.25, 0.3) is 17.4 Å². The van der Waals surface area contributed by atoms with Gasteiger partial charge in [-0.15, -0.1) is 0 Å². The predicted molar refractivity (Wildman–Crippen MR) is 119 cm³/mol. The summed E-state index contributed by atoms with van der Waals surface area (Å²) in [5.41, 5.74) is 1.21. The van der Waals surface area contributed by atoms with E-state index in [1.807, 2.05) is 0 Å². The van der Waals surface area contributed by atoms with Crippen molar-refractivity contribution in [1.29, 1.82) is 0 Å². The number of benzene rings is 2. The first-order valence-corrected chi connectivity index (χ1v) is 10.5. The number of thioether (sulfide) groups is 1. The van der Waals surface area contributed by atoms with Gasteiger partial charge >= 0.3 is 5.97 Å². The summed E-state index contributed by atoms with van der Waals surface area (Å²) in [4.78, 5) is 37.6. The van der Waals surface area contributed by atoms with Crippen LogP contribution in [0.1, 0.15) is 21.7 Å². The molecule has 0 aliphatic carbocycles. The Labute approximate surface area is 191 Å². The molecule has 4 rings (SSSR count). The lowest BCUT2D eigenvalue weighted by Crippen LogP contribution is -2.27. The van der Waals surface area contributed by atoms with Crippen LogP contribution in [-0.4, -0.2) is 27.1 Å². The van der Waals surface area contributed by atoms with Gasteiger partial charge in [0.05, 0.1) is 17.0 Å². The number of hydrogen-bond acceptors (Lipinski definition) is 5. The number of halogens is 2. The third-order valence-electron chi connectivity index (χ3n) is 4.55. The minimum absolute atomic E-state index is 0.0358. The van der Waals surface area contributed by atoms with Gasteiger partial charge in [0.25, 0.3) is 11.1 Å². The number of imide groups is 1. The third-order valence-corrected chi connectivity index (χ3v) is 6.16. The summed E-state index contributed by atoms with van der Waals surface area (Å²) in [5.74, 6) is -0.717. The van der Waals surface area contributed by atoms with Gasteiger partial charge in [-0.1, -0.05) is 41.4 Å². The Kier molecular flexibility index (Phi) is 5.91. The van der Waals surface area contributed by atoms with Crippen LogP contribution in [-0.2, 0) is 11.3 Å². The molecule has 6 nitrogen and oxygen atoms in total. The lowest BCUT2D eigenvalue weighted by atomic mass is 10.1. The van der Waals surface area contributed by atoms with E-state index in [9.17, 15) is 14.4 Å². The highest BCUT2D eigenvalue weighted by atomic mass is 35.5. The molecule has 156 valence electrons. The van der Waals surface area contributed by atoms with E-state index in [0.29, 0.717) is 32.7 Å². The smallest absolute Gasteiger partial charge is 0.335 e. The van der Waals surface area contributed by atoms with Crippen LogP contribution >= 0.6 is 35.0 Å². The first-order chi connectivity index (χ1) is 14.8. The first kappa shape index (κ1) is 21.2. The topological polar surface area (TPSA) is 87.8 Å². The Hall–Kier alpha value is -3.00. The highest BCUT2D eigenvalue weighted by Crippen LogP contribution is 2.36. The lowest BCUT2D eigenvalue weighted by molar-refractivity contribution is -0.123. The molecule has 9 heteroatoms. The second-order valence-corrected chi connectivity index (χ2v) is 8.36. The van der Waals surface area contributed by atoms with E-state index in [0.717, 1.165) is 16.7 Å². The maximum Gasteiger partial charge on any atom is 0.335 e. The highest BCUT2D eigenvalue weighted by molar-refractivity contribution is 8.18.